The SMILES string of the molecule is CC/C=C1\C2=C(NC(=O)OC)C(=O)C[C@@]1(O)C#C/C=C\C#C[C@]2(O)OC1OC(C)C(C)(C(=O)c2nccc3c2[nH]c2ccc(O)cc23)C(O)C1OC1CC(C)C(N(C(C)=O)C(C)C)CO1. The van der Waals surface area contributed by atoms with Crippen LogP contribution < -0.4 is 5.32 Å². The lowest BCUT2D eigenvalue weighted by atomic mass is 9.70. The Bertz CT molecular complexity index is 2650. The number of aromatic nitrogens is 2. The highest BCUT2D eigenvalue weighted by Crippen LogP contribution is 2.47. The molecule has 4 aliphatic rings. The van der Waals surface area contributed by atoms with Crippen molar-refractivity contribution in [2.75, 3.05) is 13.7 Å². The van der Waals surface area contributed by atoms with Crippen LogP contribution in [0.4, 0.5) is 4.79 Å². The third-order valence-corrected chi connectivity index (χ3v) is 12.7. The molecule has 1 aromatic carbocycles. The Morgan fingerprint density at radius 3 is 2.51 bits per heavy atom. The quantitative estimate of drug-likeness (QED) is 0.0958. The van der Waals surface area contributed by atoms with Crippen LogP contribution in [0.15, 0.2) is 65.5 Å². The number of benzene rings is 1. The van der Waals surface area contributed by atoms with Crippen LogP contribution in [-0.2, 0) is 33.3 Å². The van der Waals surface area contributed by atoms with E-state index in [0.717, 1.165) is 7.11 Å². The molecule has 2 bridgehead atoms. The number of nitrogens with zero attached hydrogens (tertiary/aromatic N) is 2. The van der Waals surface area contributed by atoms with Crippen LogP contribution >= 0.6 is 0 Å². The van der Waals surface area contributed by atoms with Gasteiger partial charge in [-0.1, -0.05) is 37.7 Å². The maximum absolute atomic E-state index is 15.1. The molecular weight excluding hydrogens is 841 g/mol. The van der Waals surface area contributed by atoms with Crippen molar-refractivity contribution in [2.45, 2.75) is 122 Å². The number of aromatic hydroxyl groups is 1. The molecule has 17 nitrogen and oxygen atoms in total. The van der Waals surface area contributed by atoms with E-state index in [2.05, 4.69) is 39.0 Å². The van der Waals surface area contributed by atoms with Gasteiger partial charge in [-0.05, 0) is 82.4 Å². The van der Waals surface area contributed by atoms with Gasteiger partial charge in [-0.25, -0.2) is 4.79 Å². The van der Waals surface area contributed by atoms with E-state index < -0.39 is 83.0 Å². The van der Waals surface area contributed by atoms with Gasteiger partial charge >= 0.3 is 6.09 Å². The van der Waals surface area contributed by atoms with Gasteiger partial charge in [0.1, 0.15) is 23.7 Å². The Hall–Kier alpha value is -5.89. The summed E-state index contributed by atoms with van der Waals surface area (Å²) in [5, 5.41) is 51.5. The van der Waals surface area contributed by atoms with Crippen molar-refractivity contribution >= 4 is 45.4 Å². The highest BCUT2D eigenvalue weighted by atomic mass is 16.8. The first-order valence-corrected chi connectivity index (χ1v) is 21.5. The zero-order valence-corrected chi connectivity index (χ0v) is 37.4. The third-order valence-electron chi connectivity index (χ3n) is 12.7. The number of H-pyrrole nitrogens is 1. The summed E-state index contributed by atoms with van der Waals surface area (Å²) < 4.78 is 30.7. The number of ether oxygens (including phenoxy) is 5. The minimum atomic E-state index is -2.94. The number of allylic oxidation sites excluding steroid dienone is 4. The number of alkyl carbamates (subject to hydrolysis) is 1. The number of ketones is 2. The molecule has 344 valence electrons. The van der Waals surface area contributed by atoms with Crippen molar-refractivity contribution in [1.29, 1.82) is 0 Å². The van der Waals surface area contributed by atoms with E-state index in [1.165, 1.54) is 51.3 Å². The van der Waals surface area contributed by atoms with Crippen molar-refractivity contribution in [2.24, 2.45) is 11.3 Å². The molecule has 0 spiro atoms. The monoisotopic (exact) mass is 894 g/mol. The van der Waals surface area contributed by atoms with Crippen LogP contribution in [0.1, 0.15) is 78.2 Å². The number of pyridine rings is 1. The van der Waals surface area contributed by atoms with Gasteiger partial charge in [0, 0.05) is 47.4 Å². The van der Waals surface area contributed by atoms with Crippen molar-refractivity contribution in [3.05, 3.63) is 71.2 Å². The van der Waals surface area contributed by atoms with Gasteiger partial charge < -0.3 is 54.0 Å². The minimum absolute atomic E-state index is 0.0175. The Balaban J connectivity index is 1.35. The van der Waals surface area contributed by atoms with E-state index in [0.29, 0.717) is 21.8 Å². The summed E-state index contributed by atoms with van der Waals surface area (Å²) in [6, 6.07) is 5.97. The van der Waals surface area contributed by atoms with E-state index in [1.807, 2.05) is 20.8 Å². The largest absolute Gasteiger partial charge is 0.508 e. The summed E-state index contributed by atoms with van der Waals surface area (Å²) in [7, 11) is 1.08. The zero-order valence-electron chi connectivity index (χ0n) is 37.4. The summed E-state index contributed by atoms with van der Waals surface area (Å²) in [5.41, 5.74) is -4.22. The van der Waals surface area contributed by atoms with Gasteiger partial charge in [-0.3, -0.25) is 24.7 Å². The van der Waals surface area contributed by atoms with E-state index >= 15 is 4.79 Å². The molecule has 2 aliphatic heterocycles. The van der Waals surface area contributed by atoms with Crippen molar-refractivity contribution in [3.8, 4) is 29.4 Å². The van der Waals surface area contributed by atoms with Gasteiger partial charge in [0.05, 0.1) is 54.5 Å². The molecule has 2 amide bonds. The number of aromatic amines is 1. The first kappa shape index (κ1) is 47.1. The summed E-state index contributed by atoms with van der Waals surface area (Å²) in [6.45, 7) is 12.0. The number of carbonyl (C=O) groups is 4. The number of hydrogen-bond donors (Lipinski definition) is 6. The van der Waals surface area contributed by atoms with Crippen molar-refractivity contribution in [3.63, 3.8) is 0 Å². The fraction of sp³-hybridized carbons (Fsp3) is 0.479. The minimum Gasteiger partial charge on any atom is -0.508 e. The molecular formula is C48H54N4O13. The second-order valence-electron chi connectivity index (χ2n) is 17.3. The molecule has 4 heterocycles. The average Bonchev–Trinajstić information content (AvgIpc) is 3.62. The fourth-order valence-corrected chi connectivity index (χ4v) is 9.27. The number of fused-ring (bicyclic) bond motifs is 5. The number of nitrogens with one attached hydrogen (secondary N) is 2. The summed E-state index contributed by atoms with van der Waals surface area (Å²) in [6.07, 6.45) is -3.32. The third kappa shape index (κ3) is 8.57. The summed E-state index contributed by atoms with van der Waals surface area (Å²) in [5.74, 6) is 5.89. The molecule has 10 atom stereocenters. The number of hydrogen-bond acceptors (Lipinski definition) is 14. The van der Waals surface area contributed by atoms with Crippen LogP contribution in [0.5, 0.6) is 5.75 Å². The summed E-state index contributed by atoms with van der Waals surface area (Å²) >= 11 is 0. The number of phenolic OH excluding ortho intramolecular Hbond substituents is 1. The maximum Gasteiger partial charge on any atom is 0.411 e. The molecule has 0 saturated carbocycles. The lowest BCUT2D eigenvalue weighted by Crippen LogP contribution is -2.66. The van der Waals surface area contributed by atoms with Crippen molar-refractivity contribution in [1.82, 2.24) is 20.2 Å². The van der Waals surface area contributed by atoms with Crippen LogP contribution in [-0.4, -0.2) is 127 Å². The molecule has 3 aromatic rings. The molecule has 2 aromatic heterocycles. The Kier molecular flexibility index (Phi) is 13.2. The highest BCUT2D eigenvalue weighted by molar-refractivity contribution is 6.16. The lowest BCUT2D eigenvalue weighted by molar-refractivity contribution is -0.364. The molecule has 8 unspecified atom stereocenters. The molecule has 2 aliphatic carbocycles. The number of aliphatic hydroxyl groups is 3. The highest BCUT2D eigenvalue weighted by Gasteiger charge is 2.60. The molecule has 0 radical (unpaired) electrons. The topological polar surface area (TPSA) is 239 Å². The van der Waals surface area contributed by atoms with Gasteiger partial charge in [0.2, 0.25) is 5.91 Å². The number of phenols is 1. The number of carbonyl (C=O) groups excluding carboxylic acids is 4. The van der Waals surface area contributed by atoms with Crippen LogP contribution in [0.25, 0.3) is 21.8 Å². The normalized spacial score (nSPS) is 32.3. The number of methoxy groups -OCH3 is 1. The fourth-order valence-electron chi connectivity index (χ4n) is 9.27. The Morgan fingerprint density at radius 1 is 1.12 bits per heavy atom. The van der Waals surface area contributed by atoms with Gasteiger partial charge in [0.15, 0.2) is 29.7 Å². The molecule has 7 rings (SSSR count). The number of Topliss-reactive ketones (excluding diaryl/α,β-unsaturated/α-hetero) is 2. The van der Waals surface area contributed by atoms with Gasteiger partial charge in [-0.15, -0.1) is 0 Å². The Morgan fingerprint density at radius 2 is 1.85 bits per heavy atom. The van der Waals surface area contributed by atoms with Gasteiger partial charge in [-0.2, -0.15) is 0 Å². The average molecular weight is 895 g/mol. The van der Waals surface area contributed by atoms with Crippen LogP contribution in [0.2, 0.25) is 0 Å². The number of rotatable bonds is 10. The predicted octanol–water partition coefficient (Wildman–Crippen LogP) is 4.04. The zero-order chi connectivity index (χ0) is 47.2. The predicted molar refractivity (Wildman–Crippen MR) is 234 cm³/mol. The van der Waals surface area contributed by atoms with Crippen LogP contribution in [0, 0.1) is 35.0 Å². The van der Waals surface area contributed by atoms with E-state index in [9.17, 15) is 34.8 Å². The molecule has 17 heteroatoms. The number of aliphatic hydroxyl groups excluding tert-OH is 1. The molecule has 2 saturated heterocycles. The standard InChI is InChI=1S/C48H54N4O13/c1-9-14-32-37-39(51-45(58)61-8)35(55)23-47(32,59)18-12-10-11-13-19-48(37,60)65-44-41(64-36-21-26(4)34(24-62-36)52(25(2)3)28(6)53)43(57)46(7,27(5)63-44)42(56)40-38-30(17-20-49-40)31-22-29(54)15-16-33(31)50-38/h10-11,14-17,20,22,25-27,34,36,41,43-44,50,54,57,59-60H,9,21,23-24H2,1-8H3,(H,51,58)/b11-10-,32-14+/t26?,27?,34?,36?,41?,43?,44?,46?,47-,48-/m0/s1. The maximum atomic E-state index is 15.1. The second kappa shape index (κ2) is 18.2. The first-order chi connectivity index (χ1) is 30.8. The lowest BCUT2D eigenvalue weighted by Gasteiger charge is -2.51. The van der Waals surface area contributed by atoms with E-state index in [-0.39, 0.29) is 60.4 Å². The molecule has 2 fully saturated rings. The smallest absolute Gasteiger partial charge is 0.411 e. The first-order valence-electron chi connectivity index (χ1n) is 21.5. The molecule has 65 heavy (non-hydrogen) atoms. The van der Waals surface area contributed by atoms with Crippen molar-refractivity contribution < 1.29 is 63.3 Å². The van der Waals surface area contributed by atoms with Crippen LogP contribution in [0.3, 0.4) is 0 Å². The molecule has 6 N–H and O–H groups in total. The summed E-state index contributed by atoms with van der Waals surface area (Å²) in [4.78, 5) is 63.9. The number of amides is 2. The van der Waals surface area contributed by atoms with E-state index in [4.69, 9.17) is 23.7 Å². The second-order valence-corrected chi connectivity index (χ2v) is 17.3. The van der Waals surface area contributed by atoms with E-state index in [1.54, 1.807) is 30.0 Å². The van der Waals surface area contributed by atoms with Gasteiger partial charge in [0.25, 0.3) is 5.79 Å². The Labute approximate surface area is 375 Å².